The molecule has 1 aromatic heterocycles. The number of carbonyl (C=O) groups is 1. The third-order valence-electron chi connectivity index (χ3n) is 6.72. The molecule has 33 heavy (non-hydrogen) atoms. The van der Waals surface area contributed by atoms with Crippen LogP contribution in [0.25, 0.3) is 11.0 Å². The van der Waals surface area contributed by atoms with Gasteiger partial charge in [0.25, 0.3) is 0 Å². The summed E-state index contributed by atoms with van der Waals surface area (Å²) in [4.78, 5) is 19.9. The first-order valence-corrected chi connectivity index (χ1v) is 13.9. The zero-order valence-electron chi connectivity index (χ0n) is 19.8. The third kappa shape index (κ3) is 5.75. The summed E-state index contributed by atoms with van der Waals surface area (Å²) >= 11 is 0. The van der Waals surface area contributed by atoms with Crippen LogP contribution in [-0.2, 0) is 27.8 Å². The molecular weight excluding hydrogens is 438 g/mol. The molecule has 4 rings (SSSR count). The number of aryl methyl sites for hydroxylation is 2. The fraction of sp³-hybridized carbons (Fsp3) is 0.667. The molecule has 0 atom stereocenters. The molecule has 8 nitrogen and oxygen atoms in total. The second-order valence-corrected chi connectivity index (χ2v) is 11.1. The molecule has 0 unspecified atom stereocenters. The molecule has 2 aromatic rings. The highest BCUT2D eigenvalue weighted by Gasteiger charge is 2.28. The summed E-state index contributed by atoms with van der Waals surface area (Å²) in [5.74, 6) is 0.883. The Balaban J connectivity index is 1.41. The van der Waals surface area contributed by atoms with Gasteiger partial charge in [-0.3, -0.25) is 4.79 Å². The minimum Gasteiger partial charge on any atom is -0.355 e. The second kappa shape index (κ2) is 11.0. The van der Waals surface area contributed by atoms with Crippen LogP contribution in [0.5, 0.6) is 0 Å². The number of amides is 1. The Kier molecular flexibility index (Phi) is 8.03. The molecule has 2 aliphatic rings. The molecule has 182 valence electrons. The van der Waals surface area contributed by atoms with E-state index in [0.29, 0.717) is 42.9 Å². The van der Waals surface area contributed by atoms with Crippen LogP contribution in [0, 0.1) is 0 Å². The summed E-state index contributed by atoms with van der Waals surface area (Å²) in [7, 11) is -3.48. The smallest absolute Gasteiger partial charge is 0.243 e. The number of nitrogens with one attached hydrogen (secondary N) is 1. The maximum absolute atomic E-state index is 13.0. The fourth-order valence-electron chi connectivity index (χ4n) is 4.91. The lowest BCUT2D eigenvalue weighted by Gasteiger charge is -2.26. The van der Waals surface area contributed by atoms with E-state index in [9.17, 15) is 13.2 Å². The Bertz CT molecular complexity index is 1050. The van der Waals surface area contributed by atoms with E-state index in [-0.39, 0.29) is 5.91 Å². The van der Waals surface area contributed by atoms with Crippen LogP contribution in [0.3, 0.4) is 0 Å². The zero-order chi connectivity index (χ0) is 23.3. The van der Waals surface area contributed by atoms with Gasteiger partial charge >= 0.3 is 0 Å². The average Bonchev–Trinajstić information content (AvgIpc) is 3.48. The van der Waals surface area contributed by atoms with Gasteiger partial charge in [-0.25, -0.2) is 13.4 Å². The van der Waals surface area contributed by atoms with Crippen LogP contribution in [0.15, 0.2) is 23.1 Å². The summed E-state index contributed by atoms with van der Waals surface area (Å²) in [5.41, 5.74) is 1.61. The lowest BCUT2D eigenvalue weighted by molar-refractivity contribution is -0.121. The van der Waals surface area contributed by atoms with Crippen LogP contribution in [0.2, 0.25) is 0 Å². The lowest BCUT2D eigenvalue weighted by Crippen LogP contribution is -2.37. The number of imidazole rings is 1. The Hall–Kier alpha value is -1.97. The van der Waals surface area contributed by atoms with Gasteiger partial charge in [-0.05, 0) is 63.4 Å². The number of hydrogen-bond acceptors (Lipinski definition) is 5. The minimum atomic E-state index is -3.48. The monoisotopic (exact) mass is 475 g/mol. The molecular formula is C24H37N5O3S. The van der Waals surface area contributed by atoms with E-state index in [2.05, 4.69) is 21.7 Å². The van der Waals surface area contributed by atoms with E-state index in [0.717, 1.165) is 56.8 Å². The Morgan fingerprint density at radius 1 is 1.03 bits per heavy atom. The molecule has 2 saturated heterocycles. The molecule has 9 heteroatoms. The third-order valence-corrected chi connectivity index (χ3v) is 8.62. The van der Waals surface area contributed by atoms with Crippen LogP contribution < -0.4 is 5.32 Å². The number of hydrogen-bond donors (Lipinski definition) is 1. The molecule has 0 radical (unpaired) electrons. The van der Waals surface area contributed by atoms with Gasteiger partial charge in [0.2, 0.25) is 15.9 Å². The first kappa shape index (κ1) is 24.2. The molecule has 2 fully saturated rings. The van der Waals surface area contributed by atoms with Crippen molar-refractivity contribution in [2.24, 2.45) is 0 Å². The Morgan fingerprint density at radius 3 is 2.48 bits per heavy atom. The number of carbonyl (C=O) groups excluding carboxylic acids is 1. The number of likely N-dealkylation sites (tertiary alicyclic amines) is 1. The molecule has 0 saturated carbocycles. The second-order valence-electron chi connectivity index (χ2n) is 9.19. The van der Waals surface area contributed by atoms with Crippen molar-refractivity contribution in [1.82, 2.24) is 24.1 Å². The van der Waals surface area contributed by atoms with Crippen molar-refractivity contribution < 1.29 is 13.2 Å². The number of aromatic nitrogens is 2. The van der Waals surface area contributed by atoms with Crippen LogP contribution in [0.1, 0.15) is 57.7 Å². The lowest BCUT2D eigenvalue weighted by atomic mass is 10.1. The number of sulfonamides is 1. The molecule has 1 amide bonds. The van der Waals surface area contributed by atoms with E-state index in [1.165, 1.54) is 19.3 Å². The molecule has 3 heterocycles. The van der Waals surface area contributed by atoms with Crippen molar-refractivity contribution in [2.75, 3.05) is 39.3 Å². The molecule has 0 bridgehead atoms. The quantitative estimate of drug-likeness (QED) is 0.571. The first-order valence-electron chi connectivity index (χ1n) is 12.5. The van der Waals surface area contributed by atoms with Gasteiger partial charge in [0.1, 0.15) is 5.82 Å². The molecule has 0 spiro atoms. The Labute approximate surface area is 197 Å². The number of nitrogens with zero attached hydrogens (tertiary/aromatic N) is 4. The van der Waals surface area contributed by atoms with Crippen molar-refractivity contribution in [1.29, 1.82) is 0 Å². The van der Waals surface area contributed by atoms with Crippen LogP contribution >= 0.6 is 0 Å². The number of benzene rings is 1. The van der Waals surface area contributed by atoms with Crippen molar-refractivity contribution in [2.45, 2.75) is 69.7 Å². The van der Waals surface area contributed by atoms with E-state index in [1.54, 1.807) is 16.4 Å². The number of piperidine rings is 1. The van der Waals surface area contributed by atoms with E-state index in [1.807, 2.05) is 6.07 Å². The minimum absolute atomic E-state index is 0.0411. The van der Waals surface area contributed by atoms with Crippen molar-refractivity contribution in [3.05, 3.63) is 24.0 Å². The number of rotatable bonds is 10. The van der Waals surface area contributed by atoms with E-state index >= 15 is 0 Å². The standard InChI is InChI=1S/C24H37N5O3S/c1-2-13-29-22-9-8-20(33(31,32)28-16-6-7-17-28)19-21(22)26-23(29)10-11-24(30)25-12-18-27-14-4-3-5-15-27/h8-9,19H,2-7,10-18H2,1H3,(H,25,30). The first-order chi connectivity index (χ1) is 16.0. The zero-order valence-corrected chi connectivity index (χ0v) is 20.6. The van der Waals surface area contributed by atoms with Crippen molar-refractivity contribution >= 4 is 27.0 Å². The van der Waals surface area contributed by atoms with Gasteiger partial charge in [0.05, 0.1) is 15.9 Å². The topological polar surface area (TPSA) is 87.5 Å². The largest absolute Gasteiger partial charge is 0.355 e. The summed E-state index contributed by atoms with van der Waals surface area (Å²) in [6.07, 6.45) is 7.50. The molecule has 1 N–H and O–H groups in total. The van der Waals surface area contributed by atoms with Gasteiger partial charge in [-0.1, -0.05) is 13.3 Å². The van der Waals surface area contributed by atoms with Crippen LogP contribution in [0.4, 0.5) is 0 Å². The van der Waals surface area contributed by atoms with Gasteiger partial charge in [0.15, 0.2) is 0 Å². The highest BCUT2D eigenvalue weighted by atomic mass is 32.2. The summed E-state index contributed by atoms with van der Waals surface area (Å²) < 4.78 is 29.6. The number of fused-ring (bicyclic) bond motifs is 1. The molecule has 0 aliphatic carbocycles. The summed E-state index contributed by atoms with van der Waals surface area (Å²) in [5, 5.41) is 3.04. The van der Waals surface area contributed by atoms with Crippen molar-refractivity contribution in [3.8, 4) is 0 Å². The highest BCUT2D eigenvalue weighted by molar-refractivity contribution is 7.89. The van der Waals surface area contributed by atoms with Gasteiger partial charge in [-0.15, -0.1) is 0 Å². The normalized spacial score (nSPS) is 18.2. The highest BCUT2D eigenvalue weighted by Crippen LogP contribution is 2.25. The summed E-state index contributed by atoms with van der Waals surface area (Å²) in [6, 6.07) is 5.25. The molecule has 1 aromatic carbocycles. The van der Waals surface area contributed by atoms with Gasteiger partial charge in [-0.2, -0.15) is 4.31 Å². The van der Waals surface area contributed by atoms with Crippen LogP contribution in [-0.4, -0.2) is 72.3 Å². The van der Waals surface area contributed by atoms with Crippen molar-refractivity contribution in [3.63, 3.8) is 0 Å². The maximum atomic E-state index is 13.0. The predicted octanol–water partition coefficient (Wildman–Crippen LogP) is 2.77. The van der Waals surface area contributed by atoms with Gasteiger partial charge in [0, 0.05) is 45.6 Å². The Morgan fingerprint density at radius 2 is 1.76 bits per heavy atom. The fourth-order valence-corrected chi connectivity index (χ4v) is 6.45. The van der Waals surface area contributed by atoms with E-state index < -0.39 is 10.0 Å². The summed E-state index contributed by atoms with van der Waals surface area (Å²) in [6.45, 7) is 7.93. The molecule has 2 aliphatic heterocycles. The maximum Gasteiger partial charge on any atom is 0.243 e. The predicted molar refractivity (Wildman–Crippen MR) is 130 cm³/mol. The van der Waals surface area contributed by atoms with Gasteiger partial charge < -0.3 is 14.8 Å². The van der Waals surface area contributed by atoms with E-state index in [4.69, 9.17) is 4.98 Å². The SMILES string of the molecule is CCCn1c(CCC(=O)NCCN2CCCCC2)nc2cc(S(=O)(=O)N3CCCC3)ccc21. The average molecular weight is 476 g/mol.